The van der Waals surface area contributed by atoms with Crippen LogP contribution in [0.2, 0.25) is 0 Å². The first-order valence-corrected chi connectivity index (χ1v) is 4.36. The minimum Gasteiger partial charge on any atom is -0.352 e. The zero-order valence-corrected chi connectivity index (χ0v) is 7.09. The van der Waals surface area contributed by atoms with Gasteiger partial charge in [-0.2, -0.15) is 0 Å². The fourth-order valence-electron chi connectivity index (χ4n) is 0.640. The average molecular weight is 146 g/mol. The molecule has 0 aromatic heterocycles. The van der Waals surface area contributed by atoms with Gasteiger partial charge in [-0.1, -0.05) is 11.8 Å². The number of nitrogens with zero attached hydrogens (tertiary/aromatic N) is 1. The molecule has 0 saturated carbocycles. The molecule has 0 aliphatic heterocycles. The van der Waals surface area contributed by atoms with Crippen molar-refractivity contribution < 1.29 is 0 Å². The second-order valence-corrected chi connectivity index (χ2v) is 2.48. The molecule has 0 aromatic carbocycles. The molecule has 0 fully saturated rings. The van der Waals surface area contributed by atoms with Crippen molar-refractivity contribution in [3.63, 3.8) is 0 Å². The molecule has 0 bridgehead atoms. The van der Waals surface area contributed by atoms with E-state index in [4.69, 9.17) is 5.41 Å². The number of thioether (sulfide) groups is 1. The third kappa shape index (κ3) is 2.75. The highest BCUT2D eigenvalue weighted by Crippen LogP contribution is 2.00. The van der Waals surface area contributed by atoms with Crippen molar-refractivity contribution in [2.24, 2.45) is 0 Å². The Morgan fingerprint density at radius 3 is 2.00 bits per heavy atom. The summed E-state index contributed by atoms with van der Waals surface area (Å²) in [6.45, 7) is 6.01. The molecule has 0 radical (unpaired) electrons. The molecule has 0 heterocycles. The number of hydrogen-bond acceptors (Lipinski definition) is 2. The number of amidine groups is 1. The van der Waals surface area contributed by atoms with Crippen LogP contribution in [-0.2, 0) is 0 Å². The first-order chi connectivity index (χ1) is 4.26. The molecule has 0 saturated heterocycles. The van der Waals surface area contributed by atoms with Crippen LogP contribution in [-0.4, -0.2) is 29.4 Å². The summed E-state index contributed by atoms with van der Waals surface area (Å²) < 4.78 is 0. The van der Waals surface area contributed by atoms with Crippen molar-refractivity contribution in [2.45, 2.75) is 13.8 Å². The predicted octanol–water partition coefficient (Wildman–Crippen LogP) is 1.63. The van der Waals surface area contributed by atoms with Gasteiger partial charge in [0.05, 0.1) is 0 Å². The quantitative estimate of drug-likeness (QED) is 0.473. The van der Waals surface area contributed by atoms with Crippen LogP contribution in [0, 0.1) is 5.41 Å². The molecule has 0 rings (SSSR count). The zero-order chi connectivity index (χ0) is 7.28. The zero-order valence-electron chi connectivity index (χ0n) is 6.27. The van der Waals surface area contributed by atoms with Gasteiger partial charge >= 0.3 is 0 Å². The monoisotopic (exact) mass is 146 g/mol. The first kappa shape index (κ1) is 8.82. The van der Waals surface area contributed by atoms with Crippen LogP contribution in [0.3, 0.4) is 0 Å². The molecule has 3 heteroatoms. The van der Waals surface area contributed by atoms with E-state index >= 15 is 0 Å². The van der Waals surface area contributed by atoms with Gasteiger partial charge in [0.1, 0.15) is 0 Å². The molecule has 0 spiro atoms. The second-order valence-electron chi connectivity index (χ2n) is 1.68. The van der Waals surface area contributed by atoms with E-state index in [1.54, 1.807) is 0 Å². The van der Waals surface area contributed by atoms with E-state index < -0.39 is 0 Å². The van der Waals surface area contributed by atoms with Gasteiger partial charge in [-0.25, -0.2) is 0 Å². The minimum atomic E-state index is 0.667. The Morgan fingerprint density at radius 2 is 1.89 bits per heavy atom. The van der Waals surface area contributed by atoms with Gasteiger partial charge in [-0.05, 0) is 20.1 Å². The SMILES string of the molecule is CCN(CC)C(=N)SC. The molecule has 1 N–H and O–H groups in total. The second kappa shape index (κ2) is 4.68. The number of nitrogens with one attached hydrogen (secondary N) is 1. The molecular formula is C6H14N2S. The standard InChI is InChI=1S/C6H14N2S/c1-4-8(5-2)6(7)9-3/h7H,4-5H2,1-3H3. The lowest BCUT2D eigenvalue weighted by atomic mass is 10.6. The van der Waals surface area contributed by atoms with Crippen LogP contribution in [0.5, 0.6) is 0 Å². The van der Waals surface area contributed by atoms with E-state index in [2.05, 4.69) is 13.8 Å². The van der Waals surface area contributed by atoms with Gasteiger partial charge in [-0.3, -0.25) is 5.41 Å². The van der Waals surface area contributed by atoms with E-state index in [9.17, 15) is 0 Å². The molecular weight excluding hydrogens is 132 g/mol. The van der Waals surface area contributed by atoms with Crippen molar-refractivity contribution in [1.82, 2.24) is 4.90 Å². The summed E-state index contributed by atoms with van der Waals surface area (Å²) in [6, 6.07) is 0. The van der Waals surface area contributed by atoms with Crippen molar-refractivity contribution in [3.8, 4) is 0 Å². The first-order valence-electron chi connectivity index (χ1n) is 3.13. The third-order valence-corrected chi connectivity index (χ3v) is 1.89. The lowest BCUT2D eigenvalue weighted by molar-refractivity contribution is 0.472. The van der Waals surface area contributed by atoms with Gasteiger partial charge in [0, 0.05) is 13.1 Å². The summed E-state index contributed by atoms with van der Waals surface area (Å²) in [7, 11) is 0. The molecule has 0 unspecified atom stereocenters. The van der Waals surface area contributed by atoms with Crippen LogP contribution < -0.4 is 0 Å². The van der Waals surface area contributed by atoms with E-state index in [1.807, 2.05) is 11.2 Å². The lowest BCUT2D eigenvalue weighted by Crippen LogP contribution is -2.26. The summed E-state index contributed by atoms with van der Waals surface area (Å²) in [5, 5.41) is 8.05. The van der Waals surface area contributed by atoms with Gasteiger partial charge in [0.15, 0.2) is 5.17 Å². The molecule has 0 aromatic rings. The Kier molecular flexibility index (Phi) is 4.58. The van der Waals surface area contributed by atoms with Crippen LogP contribution in [0.15, 0.2) is 0 Å². The summed E-state index contributed by atoms with van der Waals surface area (Å²) in [5.74, 6) is 0. The van der Waals surface area contributed by atoms with Crippen LogP contribution >= 0.6 is 11.8 Å². The Labute approximate surface area is 61.1 Å². The maximum atomic E-state index is 7.38. The maximum absolute atomic E-state index is 7.38. The molecule has 0 aliphatic carbocycles. The highest BCUT2D eigenvalue weighted by molar-refractivity contribution is 8.13. The van der Waals surface area contributed by atoms with E-state index in [1.165, 1.54) is 11.8 Å². The van der Waals surface area contributed by atoms with Gasteiger partial charge in [0.25, 0.3) is 0 Å². The van der Waals surface area contributed by atoms with Gasteiger partial charge in [-0.15, -0.1) is 0 Å². The Morgan fingerprint density at radius 1 is 1.44 bits per heavy atom. The highest BCUT2D eigenvalue weighted by Gasteiger charge is 2.00. The van der Waals surface area contributed by atoms with E-state index in [-0.39, 0.29) is 0 Å². The summed E-state index contributed by atoms with van der Waals surface area (Å²) in [5.41, 5.74) is 0. The maximum Gasteiger partial charge on any atom is 0.156 e. The average Bonchev–Trinajstić information content (AvgIpc) is 1.90. The minimum absolute atomic E-state index is 0.667. The Bertz CT molecular complexity index is 89.1. The van der Waals surface area contributed by atoms with Crippen LogP contribution in [0.25, 0.3) is 0 Å². The van der Waals surface area contributed by atoms with Gasteiger partial charge < -0.3 is 4.90 Å². The Hall–Kier alpha value is -0.180. The van der Waals surface area contributed by atoms with Crippen molar-refractivity contribution >= 4 is 16.9 Å². The van der Waals surface area contributed by atoms with Crippen molar-refractivity contribution in [3.05, 3.63) is 0 Å². The van der Waals surface area contributed by atoms with Crippen molar-refractivity contribution in [1.29, 1.82) is 5.41 Å². The van der Waals surface area contributed by atoms with Crippen molar-refractivity contribution in [2.75, 3.05) is 19.3 Å². The largest absolute Gasteiger partial charge is 0.352 e. The summed E-state index contributed by atoms with van der Waals surface area (Å²) >= 11 is 1.49. The smallest absolute Gasteiger partial charge is 0.156 e. The lowest BCUT2D eigenvalue weighted by Gasteiger charge is -2.19. The third-order valence-electron chi connectivity index (χ3n) is 1.24. The fraction of sp³-hybridized carbons (Fsp3) is 0.833. The summed E-state index contributed by atoms with van der Waals surface area (Å²) in [4.78, 5) is 2.02. The van der Waals surface area contributed by atoms with E-state index in [0.717, 1.165) is 13.1 Å². The molecule has 54 valence electrons. The number of rotatable bonds is 2. The highest BCUT2D eigenvalue weighted by atomic mass is 32.2. The normalized spacial score (nSPS) is 9.22. The van der Waals surface area contributed by atoms with E-state index in [0.29, 0.717) is 5.17 Å². The molecule has 0 amide bonds. The van der Waals surface area contributed by atoms with Gasteiger partial charge in [0.2, 0.25) is 0 Å². The molecule has 9 heavy (non-hydrogen) atoms. The topological polar surface area (TPSA) is 27.1 Å². The fourth-order valence-corrected chi connectivity index (χ4v) is 1.16. The molecule has 0 aliphatic rings. The van der Waals surface area contributed by atoms with Crippen LogP contribution in [0.4, 0.5) is 0 Å². The number of hydrogen-bond donors (Lipinski definition) is 1. The Balaban J connectivity index is 3.64. The molecule has 0 atom stereocenters. The molecule has 2 nitrogen and oxygen atoms in total. The predicted molar refractivity (Wildman–Crippen MR) is 44.2 cm³/mol. The summed E-state index contributed by atoms with van der Waals surface area (Å²) in [6.07, 6.45) is 1.93. The van der Waals surface area contributed by atoms with Crippen LogP contribution in [0.1, 0.15) is 13.8 Å².